The third-order valence-electron chi connectivity index (χ3n) is 6.62. The van der Waals surface area contributed by atoms with E-state index in [1.807, 2.05) is 0 Å². The minimum absolute atomic E-state index is 0.0308. The van der Waals surface area contributed by atoms with Crippen molar-refractivity contribution < 1.29 is 22.7 Å². The lowest BCUT2D eigenvalue weighted by atomic mass is 10.0. The Morgan fingerprint density at radius 2 is 1.86 bits per heavy atom. The van der Waals surface area contributed by atoms with Crippen LogP contribution in [-0.2, 0) is 11.8 Å². The van der Waals surface area contributed by atoms with Gasteiger partial charge in [0.05, 0.1) is 23.6 Å². The number of fused-ring (bicyclic) bond motifs is 1. The Balaban J connectivity index is 1.64. The van der Waals surface area contributed by atoms with E-state index < -0.39 is 35.3 Å². The molecule has 4 rings (SSSR count). The third-order valence-corrected chi connectivity index (χ3v) is 6.62. The molecule has 0 spiro atoms. The van der Waals surface area contributed by atoms with Crippen LogP contribution in [0.3, 0.4) is 0 Å². The Kier molecular flexibility index (Phi) is 8.08. The van der Waals surface area contributed by atoms with Gasteiger partial charge in [-0.15, -0.1) is 0 Å². The van der Waals surface area contributed by atoms with Crippen LogP contribution in [0, 0.1) is 5.82 Å². The summed E-state index contributed by atoms with van der Waals surface area (Å²) in [4.78, 5) is 38.6. The second-order valence-corrected chi connectivity index (χ2v) is 8.93. The summed E-state index contributed by atoms with van der Waals surface area (Å²) in [5, 5.41) is 3.41. The first-order valence-corrected chi connectivity index (χ1v) is 11.9. The van der Waals surface area contributed by atoms with Crippen molar-refractivity contribution in [2.75, 3.05) is 51.8 Å². The van der Waals surface area contributed by atoms with Crippen LogP contribution in [0.25, 0.3) is 11.0 Å². The number of aromatic nitrogens is 3. The summed E-state index contributed by atoms with van der Waals surface area (Å²) in [6, 6.07) is 4.53. The highest BCUT2D eigenvalue weighted by molar-refractivity contribution is 5.99. The first-order chi connectivity index (χ1) is 17.7. The van der Waals surface area contributed by atoms with Gasteiger partial charge >= 0.3 is 0 Å². The fraction of sp³-hybridized carbons (Fsp3) is 0.440. The molecule has 0 bridgehead atoms. The Hall–Kier alpha value is -3.51. The maximum absolute atomic E-state index is 14.7. The molecule has 1 aliphatic heterocycles. The summed E-state index contributed by atoms with van der Waals surface area (Å²) in [5.74, 6) is -1.15. The van der Waals surface area contributed by atoms with E-state index in [9.17, 15) is 22.8 Å². The van der Waals surface area contributed by atoms with Gasteiger partial charge in [-0.3, -0.25) is 19.1 Å². The summed E-state index contributed by atoms with van der Waals surface area (Å²) in [7, 11) is 3.15. The molecule has 3 heterocycles. The number of alkyl halides is 2. The number of benzene rings is 1. The molecule has 0 saturated carbocycles. The smallest absolute Gasteiger partial charge is 0.266 e. The van der Waals surface area contributed by atoms with E-state index in [1.54, 1.807) is 18.9 Å². The van der Waals surface area contributed by atoms with Crippen LogP contribution in [-0.4, -0.2) is 76.7 Å². The van der Waals surface area contributed by atoms with Crippen molar-refractivity contribution >= 4 is 22.8 Å². The van der Waals surface area contributed by atoms with Gasteiger partial charge in [-0.25, -0.2) is 23.1 Å². The first kappa shape index (κ1) is 26.6. The fourth-order valence-corrected chi connectivity index (χ4v) is 4.46. The van der Waals surface area contributed by atoms with Crippen LogP contribution in [0.2, 0.25) is 0 Å². The lowest BCUT2D eigenvalue weighted by Gasteiger charge is -2.34. The maximum Gasteiger partial charge on any atom is 0.266 e. The van der Waals surface area contributed by atoms with Gasteiger partial charge < -0.3 is 15.0 Å². The van der Waals surface area contributed by atoms with Crippen molar-refractivity contribution in [3.63, 3.8) is 0 Å². The number of aryl methyl sites for hydroxylation is 1. The van der Waals surface area contributed by atoms with Crippen molar-refractivity contribution in [2.45, 2.75) is 19.4 Å². The molecule has 3 aromatic rings. The number of methoxy groups -OCH3 is 1. The average Bonchev–Trinajstić information content (AvgIpc) is 2.89. The number of carbonyl (C=O) groups is 1. The molecule has 1 amide bonds. The van der Waals surface area contributed by atoms with Crippen molar-refractivity contribution in [2.24, 2.45) is 7.05 Å². The molecule has 0 radical (unpaired) electrons. The molecular weight excluding hydrogens is 489 g/mol. The molecule has 1 fully saturated rings. The standard InChI is InChI=1S/C25H29F3N6O3/c1-15(16-5-4-6-17(20(16)26)21(27)28)31-22-18-13-19(24(35)32(2)23(18)30-14-29-22)25(36)34-9-7-33(8-10-34)11-12-37-3/h4-6,13-15,21H,7-12H2,1-3H3,(H,29,30,31)/t15-/m1/s1. The molecule has 1 N–H and O–H groups in total. The SMILES string of the molecule is COCCN1CCN(C(=O)c2cc3c(N[C@H](C)c4cccc(C(F)F)c4F)ncnc3n(C)c2=O)CC1. The van der Waals surface area contributed by atoms with Crippen molar-refractivity contribution in [1.29, 1.82) is 0 Å². The van der Waals surface area contributed by atoms with Crippen LogP contribution in [0.4, 0.5) is 19.0 Å². The molecule has 37 heavy (non-hydrogen) atoms. The van der Waals surface area contributed by atoms with Gasteiger partial charge in [0, 0.05) is 52.4 Å². The molecule has 1 aliphatic rings. The van der Waals surface area contributed by atoms with Crippen LogP contribution in [0.5, 0.6) is 0 Å². The van der Waals surface area contributed by atoms with Crippen molar-refractivity contribution in [3.05, 3.63) is 63.5 Å². The Morgan fingerprint density at radius 1 is 1.16 bits per heavy atom. The summed E-state index contributed by atoms with van der Waals surface area (Å²) < 4.78 is 47.5. The van der Waals surface area contributed by atoms with Crippen molar-refractivity contribution in [3.8, 4) is 0 Å². The van der Waals surface area contributed by atoms with Gasteiger partial charge in [0.25, 0.3) is 17.9 Å². The predicted octanol–water partition coefficient (Wildman–Crippen LogP) is 2.98. The second-order valence-electron chi connectivity index (χ2n) is 8.93. The zero-order valence-corrected chi connectivity index (χ0v) is 20.9. The number of carbonyl (C=O) groups excluding carboxylic acids is 1. The van der Waals surface area contributed by atoms with E-state index in [-0.39, 0.29) is 22.6 Å². The number of hydrogen-bond acceptors (Lipinski definition) is 7. The van der Waals surface area contributed by atoms with Crippen LogP contribution in [0.15, 0.2) is 35.4 Å². The molecule has 198 valence electrons. The zero-order valence-electron chi connectivity index (χ0n) is 20.9. The summed E-state index contributed by atoms with van der Waals surface area (Å²) in [6.45, 7) is 5.25. The van der Waals surface area contributed by atoms with E-state index in [1.165, 1.54) is 36.1 Å². The Morgan fingerprint density at radius 3 is 2.54 bits per heavy atom. The van der Waals surface area contributed by atoms with E-state index in [0.29, 0.717) is 38.2 Å². The van der Waals surface area contributed by atoms with Gasteiger partial charge in [-0.2, -0.15) is 0 Å². The molecule has 0 aliphatic carbocycles. The molecule has 1 saturated heterocycles. The molecule has 1 aromatic carbocycles. The van der Waals surface area contributed by atoms with E-state index in [0.717, 1.165) is 12.6 Å². The summed E-state index contributed by atoms with van der Waals surface area (Å²) >= 11 is 0. The number of anilines is 1. The summed E-state index contributed by atoms with van der Waals surface area (Å²) in [6.07, 6.45) is -1.71. The highest BCUT2D eigenvalue weighted by atomic mass is 19.3. The highest BCUT2D eigenvalue weighted by Crippen LogP contribution is 2.30. The van der Waals surface area contributed by atoms with E-state index >= 15 is 0 Å². The van der Waals surface area contributed by atoms with Crippen LogP contribution < -0.4 is 10.9 Å². The Bertz CT molecular complexity index is 1340. The number of nitrogens with one attached hydrogen (secondary N) is 1. The highest BCUT2D eigenvalue weighted by Gasteiger charge is 2.26. The number of amides is 1. The normalized spacial score (nSPS) is 15.4. The lowest BCUT2D eigenvalue weighted by molar-refractivity contribution is 0.0592. The van der Waals surface area contributed by atoms with Gasteiger partial charge in [0.2, 0.25) is 0 Å². The molecular formula is C25H29F3N6O3. The van der Waals surface area contributed by atoms with Crippen molar-refractivity contribution in [1.82, 2.24) is 24.3 Å². The van der Waals surface area contributed by atoms with Gasteiger partial charge in [0.1, 0.15) is 29.2 Å². The van der Waals surface area contributed by atoms with Crippen LogP contribution in [0.1, 0.15) is 40.9 Å². The van der Waals surface area contributed by atoms with E-state index in [2.05, 4.69) is 20.2 Å². The monoisotopic (exact) mass is 518 g/mol. The predicted molar refractivity (Wildman–Crippen MR) is 132 cm³/mol. The molecule has 2 aromatic heterocycles. The number of halogens is 3. The van der Waals surface area contributed by atoms with Gasteiger partial charge in [-0.1, -0.05) is 18.2 Å². The number of pyridine rings is 1. The van der Waals surface area contributed by atoms with Crippen LogP contribution >= 0.6 is 0 Å². The lowest BCUT2D eigenvalue weighted by Crippen LogP contribution is -2.50. The number of nitrogens with zero attached hydrogens (tertiary/aromatic N) is 5. The quantitative estimate of drug-likeness (QED) is 0.490. The first-order valence-electron chi connectivity index (χ1n) is 11.9. The molecule has 0 unspecified atom stereocenters. The topological polar surface area (TPSA) is 92.6 Å². The maximum atomic E-state index is 14.7. The van der Waals surface area contributed by atoms with E-state index in [4.69, 9.17) is 4.74 Å². The summed E-state index contributed by atoms with van der Waals surface area (Å²) in [5.41, 5.74) is -0.893. The molecule has 12 heteroatoms. The largest absolute Gasteiger partial charge is 0.383 e. The van der Waals surface area contributed by atoms with Gasteiger partial charge in [-0.05, 0) is 13.0 Å². The minimum atomic E-state index is -2.95. The number of hydrogen-bond donors (Lipinski definition) is 1. The number of ether oxygens (including phenoxy) is 1. The average molecular weight is 519 g/mol. The molecule has 1 atom stereocenters. The molecule has 9 nitrogen and oxygen atoms in total. The number of rotatable bonds is 8. The minimum Gasteiger partial charge on any atom is -0.383 e. The fourth-order valence-electron chi connectivity index (χ4n) is 4.46. The Labute approximate surface area is 211 Å². The third kappa shape index (κ3) is 5.44. The number of piperazine rings is 1. The zero-order chi connectivity index (χ0) is 26.7. The second kappa shape index (κ2) is 11.3. The van der Waals surface area contributed by atoms with Gasteiger partial charge in [0.15, 0.2) is 0 Å².